The van der Waals surface area contributed by atoms with Crippen molar-refractivity contribution in [2.75, 3.05) is 14.1 Å². The third-order valence-electron chi connectivity index (χ3n) is 6.48. The van der Waals surface area contributed by atoms with Gasteiger partial charge in [-0.3, -0.25) is 15.4 Å². The van der Waals surface area contributed by atoms with Crippen LogP contribution in [-0.4, -0.2) is 41.1 Å². The van der Waals surface area contributed by atoms with E-state index in [1.807, 2.05) is 0 Å². The van der Waals surface area contributed by atoms with Gasteiger partial charge in [0, 0.05) is 97.7 Å². The number of carboxylic acids is 1. The van der Waals surface area contributed by atoms with Crippen molar-refractivity contribution < 1.29 is 67.4 Å². The third-order valence-corrected chi connectivity index (χ3v) is 7.09. The number of benzene rings is 4. The Hall–Kier alpha value is -5.28. The van der Waals surface area contributed by atoms with Gasteiger partial charge in [-0.2, -0.15) is 0 Å². The number of nitrogens with one attached hydrogen (secondary N) is 3. The molecule has 55 heavy (non-hydrogen) atoms. The quantitative estimate of drug-likeness (QED) is 0.0574. The predicted molar refractivity (Wildman–Crippen MR) is 183 cm³/mol. The second-order valence-corrected chi connectivity index (χ2v) is 11.4. The Morgan fingerprint density at radius 3 is 0.982 bits per heavy atom. The van der Waals surface area contributed by atoms with Gasteiger partial charge in [-0.15, -0.1) is 0 Å². The zero-order valence-electron chi connectivity index (χ0n) is 28.1. The Bertz CT molecular complexity index is 1760. The van der Waals surface area contributed by atoms with E-state index in [1.54, 1.807) is 7.05 Å². The van der Waals surface area contributed by atoms with Crippen molar-refractivity contribution >= 4 is 46.3 Å². The van der Waals surface area contributed by atoms with Gasteiger partial charge in [0.25, 0.3) is 0 Å². The molecular formula is C34H28F12N4O3S2. The summed E-state index contributed by atoms with van der Waals surface area (Å²) < 4.78 is 153. The highest BCUT2D eigenvalue weighted by molar-refractivity contribution is 7.80. The lowest BCUT2D eigenvalue weighted by molar-refractivity contribution is -0.136. The molecule has 0 radical (unpaired) electrons. The van der Waals surface area contributed by atoms with Crippen molar-refractivity contribution in [2.45, 2.75) is 25.7 Å². The number of halogens is 12. The van der Waals surface area contributed by atoms with E-state index in [0.717, 1.165) is 0 Å². The molecule has 0 spiro atoms. The highest BCUT2D eigenvalue weighted by Gasteiger charge is 2.16. The summed E-state index contributed by atoms with van der Waals surface area (Å²) >= 11 is 9.38. The van der Waals surface area contributed by atoms with E-state index in [4.69, 9.17) is 23.2 Å². The van der Waals surface area contributed by atoms with E-state index >= 15 is 0 Å². The summed E-state index contributed by atoms with van der Waals surface area (Å²) in [6.45, 7) is 0. The number of hydrogen-bond donors (Lipinski definition) is 5. The number of rotatable bonds is 8. The van der Waals surface area contributed by atoms with Gasteiger partial charge in [-0.1, -0.05) is 24.4 Å². The van der Waals surface area contributed by atoms with E-state index in [1.165, 1.54) is 7.05 Å². The predicted octanol–water partition coefficient (Wildman–Crippen LogP) is 6.75. The summed E-state index contributed by atoms with van der Waals surface area (Å²) in [4.78, 5) is 21.3. The molecule has 4 rings (SSSR count). The zero-order valence-corrected chi connectivity index (χ0v) is 29.8. The van der Waals surface area contributed by atoms with Crippen LogP contribution in [0.2, 0.25) is 0 Å². The van der Waals surface area contributed by atoms with Gasteiger partial charge in [0.1, 0.15) is 69.8 Å². The molecule has 0 aromatic heterocycles. The number of hydrazine groups is 1. The molecule has 0 aliphatic rings. The van der Waals surface area contributed by atoms with E-state index in [2.05, 4.69) is 28.3 Å². The molecule has 4 aromatic rings. The van der Waals surface area contributed by atoms with Crippen LogP contribution in [0.15, 0.2) is 48.5 Å². The largest absolute Gasteiger partial charge is 0.481 e. The Labute approximate surface area is 315 Å². The van der Waals surface area contributed by atoms with Gasteiger partial charge in [0.15, 0.2) is 0 Å². The number of nitrogens with two attached hydrogens (primary N) is 1. The minimum Gasteiger partial charge on any atom is -0.481 e. The number of carbonyl (C=O) groups excluding carboxylic acids is 1. The summed E-state index contributed by atoms with van der Waals surface area (Å²) in [5.74, 6) is -9.16. The van der Waals surface area contributed by atoms with E-state index in [-0.39, 0.29) is 29.0 Å². The molecule has 0 unspecified atom stereocenters. The summed E-state index contributed by atoms with van der Waals surface area (Å²) in [5, 5.41) is 13.1. The Morgan fingerprint density at radius 2 is 0.745 bits per heavy atom. The molecule has 1 amide bonds. The SMILES string of the molecule is CNC(=O)Cc1c(F)cc(F)cc1F.CNC(=S)Cc1c(F)cc(F)cc1F.NNC(=S)Cc1c(F)cc(F)cc1F.O=C(O)Cc1c(F)cc(F)cc1F. The number of thiocarbonyl (C=S) groups is 2. The first kappa shape index (κ1) is 47.7. The fraction of sp³-hybridized carbons (Fsp3) is 0.176. The monoisotopic (exact) mass is 832 g/mol. The summed E-state index contributed by atoms with van der Waals surface area (Å²) in [5.41, 5.74) is 0.517. The number of carbonyl (C=O) groups is 2. The van der Waals surface area contributed by atoms with Crippen molar-refractivity contribution in [2.24, 2.45) is 5.84 Å². The van der Waals surface area contributed by atoms with E-state index in [9.17, 15) is 62.3 Å². The van der Waals surface area contributed by atoms with E-state index < -0.39 is 106 Å². The first-order valence-corrected chi connectivity index (χ1v) is 15.6. The van der Waals surface area contributed by atoms with Crippen LogP contribution in [0, 0.1) is 69.8 Å². The lowest BCUT2D eigenvalue weighted by Crippen LogP contribution is -2.30. The third kappa shape index (κ3) is 16.3. The molecular weight excluding hydrogens is 805 g/mol. The molecule has 21 heteroatoms. The van der Waals surface area contributed by atoms with Crippen molar-refractivity contribution in [1.82, 2.24) is 16.1 Å². The smallest absolute Gasteiger partial charge is 0.308 e. The molecule has 0 fully saturated rings. The molecule has 298 valence electrons. The maximum atomic E-state index is 13.0. The van der Waals surface area contributed by atoms with Crippen molar-refractivity contribution in [3.63, 3.8) is 0 Å². The Kier molecular flexibility index (Phi) is 19.8. The van der Waals surface area contributed by atoms with Gasteiger partial charge in [0.2, 0.25) is 5.91 Å². The number of amides is 1. The van der Waals surface area contributed by atoms with E-state index in [0.29, 0.717) is 53.5 Å². The first-order chi connectivity index (χ1) is 25.6. The summed E-state index contributed by atoms with van der Waals surface area (Å²) in [7, 11) is 2.91. The zero-order chi connectivity index (χ0) is 42.2. The van der Waals surface area contributed by atoms with Crippen molar-refractivity contribution in [3.05, 3.63) is 141 Å². The lowest BCUT2D eigenvalue weighted by atomic mass is 10.1. The van der Waals surface area contributed by atoms with Crippen LogP contribution in [0.1, 0.15) is 22.3 Å². The molecule has 7 nitrogen and oxygen atoms in total. The van der Waals surface area contributed by atoms with Crippen LogP contribution in [0.5, 0.6) is 0 Å². The van der Waals surface area contributed by atoms with Crippen LogP contribution in [-0.2, 0) is 35.3 Å². The highest BCUT2D eigenvalue weighted by atomic mass is 32.1. The molecule has 0 saturated carbocycles. The molecule has 4 aromatic carbocycles. The fourth-order valence-electron chi connectivity index (χ4n) is 3.82. The van der Waals surface area contributed by atoms with Gasteiger partial charge in [0.05, 0.1) is 22.8 Å². The topological polar surface area (TPSA) is 116 Å². The molecule has 6 N–H and O–H groups in total. The molecule has 0 aliphatic heterocycles. The van der Waals surface area contributed by atoms with Crippen LogP contribution < -0.4 is 21.9 Å². The highest BCUT2D eigenvalue weighted by Crippen LogP contribution is 2.18. The number of aliphatic carboxylic acids is 1. The molecule has 0 bridgehead atoms. The molecule has 0 saturated heterocycles. The van der Waals surface area contributed by atoms with Gasteiger partial charge >= 0.3 is 5.97 Å². The minimum absolute atomic E-state index is 0.0657. The van der Waals surface area contributed by atoms with Crippen molar-refractivity contribution in [3.8, 4) is 0 Å². The average Bonchev–Trinajstić information content (AvgIpc) is 3.08. The molecule has 0 atom stereocenters. The summed E-state index contributed by atoms with van der Waals surface area (Å²) in [6, 6.07) is 4.44. The standard InChI is InChI=1S/C9H8F3NO.C9H8F3NS.C8H7F3N2S.C8H5F3O2/c2*1-13-9(14)4-6-7(11)2-5(10)3-8(6)12;9-4-1-6(10)5(7(11)2-4)3-8(14)13-12;9-4-1-6(10)5(3-8(12)13)7(11)2-4/h2*2-3H,4H2,1H3,(H,13,14);1-2H,3,12H2,(H,13,14);1-2H,3H2,(H,12,13). The Morgan fingerprint density at radius 1 is 0.491 bits per heavy atom. The van der Waals surface area contributed by atoms with Gasteiger partial charge in [-0.05, 0) is 0 Å². The first-order valence-electron chi connectivity index (χ1n) is 14.8. The van der Waals surface area contributed by atoms with Crippen LogP contribution in [0.3, 0.4) is 0 Å². The lowest BCUT2D eigenvalue weighted by Gasteiger charge is -2.05. The van der Waals surface area contributed by atoms with Crippen LogP contribution in [0.4, 0.5) is 52.7 Å². The second-order valence-electron chi connectivity index (χ2n) is 10.4. The minimum atomic E-state index is -1.37. The van der Waals surface area contributed by atoms with Crippen molar-refractivity contribution in [1.29, 1.82) is 0 Å². The normalized spacial score (nSPS) is 10.0. The van der Waals surface area contributed by atoms with Crippen LogP contribution in [0.25, 0.3) is 0 Å². The van der Waals surface area contributed by atoms with Gasteiger partial charge in [-0.25, -0.2) is 52.7 Å². The summed E-state index contributed by atoms with van der Waals surface area (Å²) in [6.07, 6.45) is -1.49. The number of carboxylic acid groups (broad SMARTS) is 1. The maximum absolute atomic E-state index is 13.0. The molecule has 0 aliphatic carbocycles. The average molecular weight is 833 g/mol. The fourth-order valence-corrected chi connectivity index (χ4v) is 4.11. The van der Waals surface area contributed by atoms with Gasteiger partial charge < -0.3 is 21.2 Å². The second kappa shape index (κ2) is 22.8. The number of hydrogen-bond acceptors (Lipinski definition) is 5. The molecule has 0 heterocycles. The van der Waals surface area contributed by atoms with Crippen LogP contribution >= 0.6 is 24.4 Å². The number of likely N-dealkylation sites (N-methyl/N-ethyl adjacent to an activating group) is 2. The Balaban J connectivity index is 0.000000367. The maximum Gasteiger partial charge on any atom is 0.308 e.